The number of aldehydes is 1. The predicted octanol–water partition coefficient (Wildman–Crippen LogP) is 4.99. The summed E-state index contributed by atoms with van der Waals surface area (Å²) in [6, 6.07) is 6.70. The Labute approximate surface area is 121 Å². The molecule has 19 heavy (non-hydrogen) atoms. The van der Waals surface area contributed by atoms with Crippen molar-refractivity contribution in [2.24, 2.45) is 0 Å². The second kappa shape index (κ2) is 5.67. The summed E-state index contributed by atoms with van der Waals surface area (Å²) < 4.78 is 32.3. The Hall–Kier alpha value is -1.46. The van der Waals surface area contributed by atoms with Crippen LogP contribution >= 0.6 is 27.5 Å². The molecule has 0 atom stereocenters. The summed E-state index contributed by atoms with van der Waals surface area (Å²) in [6.45, 7) is 0. The van der Waals surface area contributed by atoms with Gasteiger partial charge < -0.3 is 4.74 Å². The molecular weight excluding hydrogens is 341 g/mol. The summed E-state index contributed by atoms with van der Waals surface area (Å²) in [5, 5.41) is 0.170. The summed E-state index contributed by atoms with van der Waals surface area (Å²) in [4.78, 5) is 10.9. The third kappa shape index (κ3) is 2.93. The maximum absolute atomic E-state index is 13.6. The molecule has 0 N–H and O–H groups in total. The summed E-state index contributed by atoms with van der Waals surface area (Å²) in [6.07, 6.45) is 0.490. The van der Waals surface area contributed by atoms with E-state index in [1.165, 1.54) is 24.3 Å². The standard InChI is InChI=1S/C13H6BrClF2O2/c14-7-4-10(16)13(17)12(5-7)19-11-3-1-2-9(15)8(11)6-18/h1-6H. The molecule has 2 rings (SSSR count). The first kappa shape index (κ1) is 14.0. The minimum Gasteiger partial charge on any atom is -0.453 e. The van der Waals surface area contributed by atoms with Crippen LogP contribution in [0.3, 0.4) is 0 Å². The average Bonchev–Trinajstić information content (AvgIpc) is 2.35. The van der Waals surface area contributed by atoms with E-state index in [9.17, 15) is 13.6 Å². The fourth-order valence-electron chi connectivity index (χ4n) is 1.45. The van der Waals surface area contributed by atoms with Crippen molar-refractivity contribution in [3.8, 4) is 11.5 Å². The predicted molar refractivity (Wildman–Crippen MR) is 71.0 cm³/mol. The van der Waals surface area contributed by atoms with Crippen LogP contribution in [0.5, 0.6) is 11.5 Å². The van der Waals surface area contributed by atoms with Crippen LogP contribution in [-0.4, -0.2) is 6.29 Å². The molecule has 0 saturated heterocycles. The highest BCUT2D eigenvalue weighted by molar-refractivity contribution is 9.10. The Morgan fingerprint density at radius 1 is 1.21 bits per heavy atom. The van der Waals surface area contributed by atoms with Crippen LogP contribution in [0.15, 0.2) is 34.8 Å². The number of benzene rings is 2. The molecule has 0 amide bonds. The molecule has 2 nitrogen and oxygen atoms in total. The lowest BCUT2D eigenvalue weighted by Gasteiger charge is -2.10. The zero-order chi connectivity index (χ0) is 14.0. The third-order valence-electron chi connectivity index (χ3n) is 2.31. The fraction of sp³-hybridized carbons (Fsp3) is 0. The van der Waals surface area contributed by atoms with Crippen molar-refractivity contribution in [2.75, 3.05) is 0 Å². The van der Waals surface area contributed by atoms with E-state index in [0.29, 0.717) is 10.8 Å². The number of carbonyl (C=O) groups excluding carboxylic acids is 1. The lowest BCUT2D eigenvalue weighted by atomic mass is 10.2. The number of halogens is 4. The summed E-state index contributed by atoms with van der Waals surface area (Å²) in [5.74, 6) is -2.48. The first-order valence-electron chi connectivity index (χ1n) is 5.09. The molecular formula is C13H6BrClF2O2. The molecule has 0 spiro atoms. The summed E-state index contributed by atoms with van der Waals surface area (Å²) in [5.41, 5.74) is 0.0731. The second-order valence-corrected chi connectivity index (χ2v) is 4.89. The summed E-state index contributed by atoms with van der Waals surface area (Å²) >= 11 is 8.84. The Kier molecular flexibility index (Phi) is 4.17. The molecule has 0 saturated carbocycles. The van der Waals surface area contributed by atoms with Gasteiger partial charge in [0.15, 0.2) is 17.9 Å². The normalized spacial score (nSPS) is 10.3. The fourth-order valence-corrected chi connectivity index (χ4v) is 2.07. The van der Waals surface area contributed by atoms with Crippen LogP contribution in [-0.2, 0) is 0 Å². The molecule has 0 unspecified atom stereocenters. The van der Waals surface area contributed by atoms with Crippen molar-refractivity contribution >= 4 is 33.8 Å². The molecule has 0 aliphatic carbocycles. The van der Waals surface area contributed by atoms with Gasteiger partial charge in [-0.15, -0.1) is 0 Å². The van der Waals surface area contributed by atoms with Gasteiger partial charge in [-0.05, 0) is 24.3 Å². The van der Waals surface area contributed by atoms with Crippen LogP contribution in [0.25, 0.3) is 0 Å². The highest BCUT2D eigenvalue weighted by atomic mass is 79.9. The molecule has 0 radical (unpaired) electrons. The second-order valence-electron chi connectivity index (χ2n) is 3.57. The zero-order valence-corrected chi connectivity index (χ0v) is 11.6. The molecule has 6 heteroatoms. The Balaban J connectivity index is 2.47. The van der Waals surface area contributed by atoms with Crippen LogP contribution in [0.2, 0.25) is 5.02 Å². The molecule has 0 aromatic heterocycles. The maximum Gasteiger partial charge on any atom is 0.201 e. The van der Waals surface area contributed by atoms with Gasteiger partial charge in [0.05, 0.1) is 10.6 Å². The summed E-state index contributed by atoms with van der Waals surface area (Å²) in [7, 11) is 0. The van der Waals surface area contributed by atoms with Crippen LogP contribution in [0, 0.1) is 11.6 Å². The Morgan fingerprint density at radius 3 is 2.63 bits per heavy atom. The maximum atomic E-state index is 13.6. The van der Waals surface area contributed by atoms with Gasteiger partial charge >= 0.3 is 0 Å². The Bertz CT molecular complexity index is 647. The van der Waals surface area contributed by atoms with E-state index in [-0.39, 0.29) is 22.1 Å². The highest BCUT2D eigenvalue weighted by Gasteiger charge is 2.15. The van der Waals surface area contributed by atoms with Crippen LogP contribution < -0.4 is 4.74 Å². The van der Waals surface area contributed by atoms with Crippen molar-refractivity contribution in [3.05, 3.63) is 57.0 Å². The SMILES string of the molecule is O=Cc1c(Cl)cccc1Oc1cc(Br)cc(F)c1F. The molecule has 0 heterocycles. The highest BCUT2D eigenvalue weighted by Crippen LogP contribution is 2.33. The number of hydrogen-bond acceptors (Lipinski definition) is 2. The van der Waals surface area contributed by atoms with Crippen molar-refractivity contribution in [3.63, 3.8) is 0 Å². The van der Waals surface area contributed by atoms with E-state index in [4.69, 9.17) is 16.3 Å². The van der Waals surface area contributed by atoms with E-state index in [2.05, 4.69) is 15.9 Å². The topological polar surface area (TPSA) is 26.3 Å². The smallest absolute Gasteiger partial charge is 0.201 e. The quantitative estimate of drug-likeness (QED) is 0.578. The van der Waals surface area contributed by atoms with Gasteiger partial charge in [-0.3, -0.25) is 4.79 Å². The van der Waals surface area contributed by atoms with E-state index in [1.54, 1.807) is 0 Å². The van der Waals surface area contributed by atoms with Gasteiger partial charge in [-0.2, -0.15) is 4.39 Å². The van der Waals surface area contributed by atoms with Gasteiger partial charge in [0.1, 0.15) is 5.75 Å². The van der Waals surface area contributed by atoms with E-state index in [1.807, 2.05) is 0 Å². The lowest BCUT2D eigenvalue weighted by molar-refractivity contribution is 0.112. The largest absolute Gasteiger partial charge is 0.453 e. The van der Waals surface area contributed by atoms with E-state index in [0.717, 1.165) is 6.07 Å². The molecule has 0 fully saturated rings. The van der Waals surface area contributed by atoms with Gasteiger partial charge in [0.2, 0.25) is 5.82 Å². The first-order chi connectivity index (χ1) is 9.02. The third-order valence-corrected chi connectivity index (χ3v) is 3.10. The minimum absolute atomic E-state index is 0.0545. The van der Waals surface area contributed by atoms with Gasteiger partial charge in [-0.1, -0.05) is 33.6 Å². The minimum atomic E-state index is -1.14. The number of hydrogen-bond donors (Lipinski definition) is 0. The van der Waals surface area contributed by atoms with Crippen LogP contribution in [0.4, 0.5) is 8.78 Å². The molecule has 0 aliphatic heterocycles. The van der Waals surface area contributed by atoms with Gasteiger partial charge in [0, 0.05) is 4.47 Å². The van der Waals surface area contributed by atoms with Gasteiger partial charge in [-0.25, -0.2) is 4.39 Å². The monoisotopic (exact) mass is 346 g/mol. The van der Waals surface area contributed by atoms with Crippen LogP contribution in [0.1, 0.15) is 10.4 Å². The first-order valence-corrected chi connectivity index (χ1v) is 6.26. The van der Waals surface area contributed by atoms with Crippen molar-refractivity contribution in [1.82, 2.24) is 0 Å². The average molecular weight is 348 g/mol. The van der Waals surface area contributed by atoms with Gasteiger partial charge in [0.25, 0.3) is 0 Å². The number of rotatable bonds is 3. The zero-order valence-electron chi connectivity index (χ0n) is 9.29. The molecule has 0 bridgehead atoms. The van der Waals surface area contributed by atoms with E-state index >= 15 is 0 Å². The van der Waals surface area contributed by atoms with Crippen molar-refractivity contribution < 1.29 is 18.3 Å². The molecule has 2 aromatic carbocycles. The number of ether oxygens (including phenoxy) is 1. The number of carbonyl (C=O) groups is 1. The van der Waals surface area contributed by atoms with E-state index < -0.39 is 11.6 Å². The lowest BCUT2D eigenvalue weighted by Crippen LogP contribution is -1.95. The molecule has 2 aromatic rings. The Morgan fingerprint density at radius 2 is 1.95 bits per heavy atom. The molecule has 0 aliphatic rings. The molecule has 98 valence electrons. The van der Waals surface area contributed by atoms with Crippen molar-refractivity contribution in [1.29, 1.82) is 0 Å². The van der Waals surface area contributed by atoms with Crippen molar-refractivity contribution in [2.45, 2.75) is 0 Å².